The molecule has 6 heteroatoms. The highest BCUT2D eigenvalue weighted by molar-refractivity contribution is 5.69. The van der Waals surface area contributed by atoms with Crippen molar-refractivity contribution in [3.63, 3.8) is 0 Å². The molecular weight excluding hydrogens is 285 g/mol. The van der Waals surface area contributed by atoms with E-state index in [9.17, 15) is 9.18 Å². The van der Waals surface area contributed by atoms with Gasteiger partial charge >= 0.3 is 6.09 Å². The Bertz CT molecular complexity index is 557. The minimum Gasteiger partial charge on any atom is -0.444 e. The van der Waals surface area contributed by atoms with Crippen molar-refractivity contribution in [2.24, 2.45) is 0 Å². The maximum atomic E-state index is 13.6. The van der Waals surface area contributed by atoms with Crippen molar-refractivity contribution in [1.29, 1.82) is 0 Å². The molecule has 1 unspecified atom stereocenters. The molecule has 0 saturated carbocycles. The van der Waals surface area contributed by atoms with Crippen molar-refractivity contribution in [1.82, 2.24) is 4.90 Å². The fraction of sp³-hybridized carbons (Fsp3) is 0.562. The number of nitrogens with zero attached hydrogens (tertiary/aromatic N) is 2. The van der Waals surface area contributed by atoms with Crippen LogP contribution in [0.4, 0.5) is 20.6 Å². The van der Waals surface area contributed by atoms with E-state index in [1.54, 1.807) is 17.0 Å². The first-order valence-electron chi connectivity index (χ1n) is 7.43. The zero-order valence-electron chi connectivity index (χ0n) is 13.6. The number of rotatable bonds is 2. The maximum absolute atomic E-state index is 13.6. The molecule has 0 spiro atoms. The second kappa shape index (κ2) is 6.02. The number of anilines is 2. The molecule has 0 bridgehead atoms. The van der Waals surface area contributed by atoms with Crippen LogP contribution >= 0.6 is 0 Å². The average Bonchev–Trinajstić information content (AvgIpc) is 2.89. The zero-order chi connectivity index (χ0) is 16.5. The van der Waals surface area contributed by atoms with E-state index in [1.165, 1.54) is 6.07 Å². The van der Waals surface area contributed by atoms with Gasteiger partial charge in [-0.05, 0) is 45.4 Å². The third-order valence-electron chi connectivity index (χ3n) is 3.75. The van der Waals surface area contributed by atoms with E-state index >= 15 is 0 Å². The van der Waals surface area contributed by atoms with Crippen molar-refractivity contribution in [2.75, 3.05) is 30.8 Å². The Morgan fingerprint density at radius 1 is 1.45 bits per heavy atom. The van der Waals surface area contributed by atoms with Gasteiger partial charge in [0.25, 0.3) is 0 Å². The summed E-state index contributed by atoms with van der Waals surface area (Å²) in [6.07, 6.45) is 0.522. The van der Waals surface area contributed by atoms with Gasteiger partial charge in [-0.3, -0.25) is 0 Å². The molecule has 1 aliphatic heterocycles. The van der Waals surface area contributed by atoms with Crippen LogP contribution < -0.4 is 10.6 Å². The minimum absolute atomic E-state index is 0.135. The van der Waals surface area contributed by atoms with Gasteiger partial charge in [-0.1, -0.05) is 0 Å². The number of carbonyl (C=O) groups is 1. The lowest BCUT2D eigenvalue weighted by molar-refractivity contribution is 0.0292. The number of hydrogen-bond donors (Lipinski definition) is 1. The van der Waals surface area contributed by atoms with Crippen molar-refractivity contribution in [3.8, 4) is 0 Å². The number of halogens is 1. The number of likely N-dealkylation sites (N-methyl/N-ethyl adjacent to an activating group) is 1. The van der Waals surface area contributed by atoms with Gasteiger partial charge in [0.15, 0.2) is 0 Å². The van der Waals surface area contributed by atoms with Crippen LogP contribution in [0.15, 0.2) is 18.2 Å². The van der Waals surface area contributed by atoms with Gasteiger partial charge in [-0.25, -0.2) is 9.18 Å². The number of ether oxygens (including phenoxy) is 1. The molecule has 1 heterocycles. The Hall–Kier alpha value is -1.98. The van der Waals surface area contributed by atoms with Crippen LogP contribution in [0.5, 0.6) is 0 Å². The quantitative estimate of drug-likeness (QED) is 0.854. The Morgan fingerprint density at radius 2 is 2.14 bits per heavy atom. The summed E-state index contributed by atoms with van der Waals surface area (Å²) in [6.45, 7) is 6.75. The van der Waals surface area contributed by atoms with Crippen LogP contribution in [-0.2, 0) is 4.74 Å². The zero-order valence-corrected chi connectivity index (χ0v) is 13.6. The molecule has 1 aromatic rings. The van der Waals surface area contributed by atoms with Crippen LogP contribution in [0.3, 0.4) is 0 Å². The number of amides is 1. The van der Waals surface area contributed by atoms with E-state index in [4.69, 9.17) is 10.5 Å². The Morgan fingerprint density at radius 3 is 2.73 bits per heavy atom. The molecule has 22 heavy (non-hydrogen) atoms. The summed E-state index contributed by atoms with van der Waals surface area (Å²) < 4.78 is 19.0. The van der Waals surface area contributed by atoms with Crippen LogP contribution in [0.25, 0.3) is 0 Å². The molecule has 1 aliphatic rings. The molecule has 1 saturated heterocycles. The molecule has 0 aliphatic carbocycles. The van der Waals surface area contributed by atoms with Crippen molar-refractivity contribution in [2.45, 2.75) is 38.8 Å². The van der Waals surface area contributed by atoms with Crippen molar-refractivity contribution in [3.05, 3.63) is 24.0 Å². The molecule has 1 atom stereocenters. The number of hydrogen-bond acceptors (Lipinski definition) is 4. The molecule has 0 aromatic heterocycles. The van der Waals surface area contributed by atoms with Gasteiger partial charge in [-0.15, -0.1) is 0 Å². The lowest BCUT2D eigenvalue weighted by Gasteiger charge is -2.28. The van der Waals surface area contributed by atoms with E-state index in [1.807, 2.05) is 32.7 Å². The topological polar surface area (TPSA) is 58.8 Å². The molecule has 5 nitrogen and oxygen atoms in total. The first-order chi connectivity index (χ1) is 10.2. The lowest BCUT2D eigenvalue weighted by Crippen LogP contribution is -2.39. The SMILES string of the molecule is CN(c1ccc(N)c(F)c1)C1CCN(C(=O)OC(C)(C)C)C1. The normalized spacial score (nSPS) is 18.4. The van der Waals surface area contributed by atoms with Gasteiger partial charge in [0.2, 0.25) is 0 Å². The van der Waals surface area contributed by atoms with E-state index in [0.717, 1.165) is 12.1 Å². The molecule has 1 fully saturated rings. The smallest absolute Gasteiger partial charge is 0.410 e. The largest absolute Gasteiger partial charge is 0.444 e. The maximum Gasteiger partial charge on any atom is 0.410 e. The first kappa shape index (κ1) is 16.4. The first-order valence-corrected chi connectivity index (χ1v) is 7.43. The van der Waals surface area contributed by atoms with E-state index in [2.05, 4.69) is 0 Å². The molecule has 1 amide bonds. The van der Waals surface area contributed by atoms with Gasteiger partial charge in [-0.2, -0.15) is 0 Å². The van der Waals surface area contributed by atoms with E-state index in [-0.39, 0.29) is 17.8 Å². The fourth-order valence-corrected chi connectivity index (χ4v) is 2.50. The molecule has 1 aromatic carbocycles. The highest BCUT2D eigenvalue weighted by atomic mass is 19.1. The Kier molecular flexibility index (Phi) is 4.49. The van der Waals surface area contributed by atoms with Crippen molar-refractivity contribution >= 4 is 17.5 Å². The predicted octanol–water partition coefficient (Wildman–Crippen LogP) is 2.85. The summed E-state index contributed by atoms with van der Waals surface area (Å²) in [5.41, 5.74) is 5.89. The standard InChI is InChI=1S/C16H24FN3O2/c1-16(2,3)22-15(21)20-8-7-12(10-20)19(4)11-5-6-14(18)13(17)9-11/h5-6,9,12H,7-8,10,18H2,1-4H3. The van der Waals surface area contributed by atoms with E-state index < -0.39 is 11.4 Å². The highest BCUT2D eigenvalue weighted by Gasteiger charge is 2.31. The number of benzene rings is 1. The lowest BCUT2D eigenvalue weighted by atomic mass is 10.2. The third-order valence-corrected chi connectivity index (χ3v) is 3.75. The van der Waals surface area contributed by atoms with Crippen LogP contribution in [-0.4, -0.2) is 42.8 Å². The van der Waals surface area contributed by atoms with Crippen molar-refractivity contribution < 1.29 is 13.9 Å². The minimum atomic E-state index is -0.499. The highest BCUT2D eigenvalue weighted by Crippen LogP contribution is 2.25. The van der Waals surface area contributed by atoms with Gasteiger partial charge in [0, 0.05) is 31.9 Å². The number of carbonyl (C=O) groups excluding carboxylic acids is 1. The summed E-state index contributed by atoms with van der Waals surface area (Å²) in [6, 6.07) is 4.90. The summed E-state index contributed by atoms with van der Waals surface area (Å²) in [7, 11) is 1.90. The van der Waals surface area contributed by atoms with Gasteiger partial charge < -0.3 is 20.3 Å². The third kappa shape index (κ3) is 3.81. The second-order valence-corrected chi connectivity index (χ2v) is 6.69. The summed E-state index contributed by atoms with van der Waals surface area (Å²) >= 11 is 0. The summed E-state index contributed by atoms with van der Waals surface area (Å²) in [5, 5.41) is 0. The van der Waals surface area contributed by atoms with Crippen LogP contribution in [0.1, 0.15) is 27.2 Å². The van der Waals surface area contributed by atoms with Gasteiger partial charge in [0.1, 0.15) is 11.4 Å². The molecule has 2 N–H and O–H groups in total. The molecule has 122 valence electrons. The fourth-order valence-electron chi connectivity index (χ4n) is 2.50. The van der Waals surface area contributed by atoms with Crippen LogP contribution in [0, 0.1) is 5.82 Å². The monoisotopic (exact) mass is 309 g/mol. The summed E-state index contributed by atoms with van der Waals surface area (Å²) in [4.78, 5) is 15.7. The molecule has 0 radical (unpaired) electrons. The van der Waals surface area contributed by atoms with E-state index in [0.29, 0.717) is 13.1 Å². The molecule has 2 rings (SSSR count). The Balaban J connectivity index is 2.00. The number of nitrogens with two attached hydrogens (primary N) is 1. The second-order valence-electron chi connectivity index (χ2n) is 6.69. The van der Waals surface area contributed by atoms with Gasteiger partial charge in [0.05, 0.1) is 5.69 Å². The number of nitrogen functional groups attached to an aromatic ring is 1. The summed E-state index contributed by atoms with van der Waals surface area (Å²) in [5.74, 6) is -0.425. The number of likely N-dealkylation sites (tertiary alicyclic amines) is 1. The Labute approximate surface area is 130 Å². The predicted molar refractivity (Wildman–Crippen MR) is 85.4 cm³/mol. The van der Waals surface area contributed by atoms with Crippen LogP contribution in [0.2, 0.25) is 0 Å². The molecular formula is C16H24FN3O2. The average molecular weight is 309 g/mol.